The third-order valence-electron chi connectivity index (χ3n) is 10.7. The molecule has 11 aromatic rings. The highest BCUT2D eigenvalue weighted by molar-refractivity contribution is 6.15. The second kappa shape index (κ2) is 11.7. The van der Waals surface area contributed by atoms with Crippen LogP contribution in [0.5, 0.6) is 0 Å². The zero-order valence-corrected chi connectivity index (χ0v) is 28.8. The summed E-state index contributed by atoms with van der Waals surface area (Å²) in [6, 6.07) is 69.8. The summed E-state index contributed by atoms with van der Waals surface area (Å²) in [6.07, 6.45) is 0. The van der Waals surface area contributed by atoms with Crippen LogP contribution in [0.4, 0.5) is 17.1 Å². The van der Waals surface area contributed by atoms with Crippen molar-refractivity contribution in [3.63, 3.8) is 0 Å². The van der Waals surface area contributed by atoms with Gasteiger partial charge in [-0.25, -0.2) is 0 Å². The summed E-state index contributed by atoms with van der Waals surface area (Å²) >= 11 is 0. The smallest absolute Gasteiger partial charge is 0.143 e. The molecule has 0 radical (unpaired) electrons. The van der Waals surface area contributed by atoms with Crippen LogP contribution in [0.1, 0.15) is 0 Å². The summed E-state index contributed by atoms with van der Waals surface area (Å²) < 4.78 is 9.07. The number of aromatic nitrogens is 1. The Balaban J connectivity index is 1.11. The van der Waals surface area contributed by atoms with E-state index in [1.807, 2.05) is 0 Å². The van der Waals surface area contributed by atoms with E-state index in [2.05, 4.69) is 204 Å². The monoisotopic (exact) mass is 676 g/mol. The van der Waals surface area contributed by atoms with Crippen molar-refractivity contribution in [1.82, 2.24) is 4.57 Å². The molecule has 11 rings (SSSR count). The summed E-state index contributed by atoms with van der Waals surface area (Å²) in [5.74, 6) is 0. The van der Waals surface area contributed by atoms with Gasteiger partial charge in [-0.3, -0.25) is 0 Å². The maximum Gasteiger partial charge on any atom is 0.143 e. The van der Waals surface area contributed by atoms with Crippen molar-refractivity contribution in [2.45, 2.75) is 0 Å². The molecule has 53 heavy (non-hydrogen) atoms. The molecule has 0 aliphatic carbocycles. The zero-order chi connectivity index (χ0) is 34.9. The maximum absolute atomic E-state index is 6.70. The quantitative estimate of drug-likeness (QED) is 0.181. The van der Waals surface area contributed by atoms with Crippen molar-refractivity contribution in [3.05, 3.63) is 194 Å². The van der Waals surface area contributed by atoms with Crippen LogP contribution in [-0.2, 0) is 0 Å². The molecule has 0 fully saturated rings. The minimum Gasteiger partial charge on any atom is -0.455 e. The number of fused-ring (bicyclic) bond motifs is 9. The molecular weight excluding hydrogens is 645 g/mol. The fourth-order valence-electron chi connectivity index (χ4n) is 8.20. The fraction of sp³-hybridized carbons (Fsp3) is 0. The summed E-state index contributed by atoms with van der Waals surface area (Å²) in [7, 11) is 0. The van der Waals surface area contributed by atoms with E-state index in [0.717, 1.165) is 55.6 Å². The molecule has 0 bridgehead atoms. The highest BCUT2D eigenvalue weighted by Gasteiger charge is 2.19. The lowest BCUT2D eigenvalue weighted by Crippen LogP contribution is -2.10. The molecule has 0 atom stereocenters. The Bertz CT molecular complexity index is 3170. The van der Waals surface area contributed by atoms with Crippen molar-refractivity contribution < 1.29 is 4.42 Å². The number of anilines is 3. The Labute approximate surface area is 306 Å². The average Bonchev–Trinajstić information content (AvgIpc) is 3.77. The van der Waals surface area contributed by atoms with E-state index < -0.39 is 0 Å². The molecule has 0 saturated carbocycles. The van der Waals surface area contributed by atoms with Crippen LogP contribution in [0.3, 0.4) is 0 Å². The van der Waals surface area contributed by atoms with Crippen molar-refractivity contribution in [1.29, 1.82) is 0 Å². The minimum absolute atomic E-state index is 0.867. The van der Waals surface area contributed by atoms with Crippen LogP contribution in [0.25, 0.3) is 82.1 Å². The Kier molecular flexibility index (Phi) is 6.55. The number of benzene rings is 9. The Morgan fingerprint density at radius 1 is 0.358 bits per heavy atom. The topological polar surface area (TPSA) is 21.3 Å². The lowest BCUT2D eigenvalue weighted by molar-refractivity contribution is 0.672. The molecule has 3 nitrogen and oxygen atoms in total. The van der Waals surface area contributed by atoms with Crippen LogP contribution < -0.4 is 4.90 Å². The second-order valence-corrected chi connectivity index (χ2v) is 13.8. The van der Waals surface area contributed by atoms with E-state index in [9.17, 15) is 0 Å². The molecule has 0 spiro atoms. The summed E-state index contributed by atoms with van der Waals surface area (Å²) in [5.41, 5.74) is 10.8. The molecule has 3 heteroatoms. The van der Waals surface area contributed by atoms with Gasteiger partial charge in [0.25, 0.3) is 0 Å². The van der Waals surface area contributed by atoms with E-state index >= 15 is 0 Å². The summed E-state index contributed by atoms with van der Waals surface area (Å²) in [4.78, 5) is 2.35. The van der Waals surface area contributed by atoms with Crippen molar-refractivity contribution >= 4 is 82.4 Å². The number of para-hydroxylation sites is 2. The first-order valence-electron chi connectivity index (χ1n) is 18.1. The number of rotatable bonds is 5. The van der Waals surface area contributed by atoms with Crippen molar-refractivity contribution in [2.75, 3.05) is 4.90 Å². The number of hydrogen-bond donors (Lipinski definition) is 0. The molecule has 0 aliphatic rings. The average molecular weight is 677 g/mol. The predicted octanol–water partition coefficient (Wildman–Crippen LogP) is 14.1. The largest absolute Gasteiger partial charge is 0.455 e. The Hall–Kier alpha value is -7.10. The first-order valence-corrected chi connectivity index (χ1v) is 18.1. The third-order valence-corrected chi connectivity index (χ3v) is 10.7. The molecule has 248 valence electrons. The fourth-order valence-corrected chi connectivity index (χ4v) is 8.20. The van der Waals surface area contributed by atoms with Gasteiger partial charge in [-0.05, 0) is 94.0 Å². The second-order valence-electron chi connectivity index (χ2n) is 13.8. The molecule has 0 unspecified atom stereocenters. The maximum atomic E-state index is 6.70. The Morgan fingerprint density at radius 3 is 1.81 bits per heavy atom. The first-order chi connectivity index (χ1) is 26.3. The highest BCUT2D eigenvalue weighted by atomic mass is 16.3. The van der Waals surface area contributed by atoms with Gasteiger partial charge in [0, 0.05) is 55.7 Å². The third kappa shape index (κ3) is 4.75. The lowest BCUT2D eigenvalue weighted by atomic mass is 10.0. The predicted molar refractivity (Wildman–Crippen MR) is 223 cm³/mol. The minimum atomic E-state index is 0.867. The summed E-state index contributed by atoms with van der Waals surface area (Å²) in [5, 5.41) is 9.49. The van der Waals surface area contributed by atoms with E-state index in [4.69, 9.17) is 4.42 Å². The van der Waals surface area contributed by atoms with Gasteiger partial charge in [0.05, 0.1) is 11.0 Å². The van der Waals surface area contributed by atoms with E-state index in [1.54, 1.807) is 0 Å². The van der Waals surface area contributed by atoms with Gasteiger partial charge in [-0.2, -0.15) is 0 Å². The van der Waals surface area contributed by atoms with Gasteiger partial charge >= 0.3 is 0 Å². The zero-order valence-electron chi connectivity index (χ0n) is 28.8. The molecule has 0 N–H and O–H groups in total. The first kappa shape index (κ1) is 29.6. The summed E-state index contributed by atoms with van der Waals surface area (Å²) in [6.45, 7) is 0. The van der Waals surface area contributed by atoms with Gasteiger partial charge in [0.1, 0.15) is 11.2 Å². The van der Waals surface area contributed by atoms with Crippen LogP contribution in [0.15, 0.2) is 199 Å². The van der Waals surface area contributed by atoms with E-state index in [1.165, 1.54) is 43.6 Å². The van der Waals surface area contributed by atoms with Gasteiger partial charge in [0.2, 0.25) is 0 Å². The normalized spacial score (nSPS) is 11.8. The van der Waals surface area contributed by atoms with Crippen LogP contribution >= 0.6 is 0 Å². The van der Waals surface area contributed by atoms with Gasteiger partial charge in [0.15, 0.2) is 0 Å². The SMILES string of the molecule is c1ccc(-n2c3ccccc3c3ccc(N(c4ccc(-c5ccc6ccccc6c5)cc4)c4ccc5c(c4)oc4c6ccccc6ccc54)cc32)cc1. The molecule has 0 saturated heterocycles. The van der Waals surface area contributed by atoms with Gasteiger partial charge in [-0.1, -0.05) is 121 Å². The van der Waals surface area contributed by atoms with Crippen LogP contribution in [0, 0.1) is 0 Å². The number of nitrogens with zero attached hydrogens (tertiary/aromatic N) is 2. The lowest BCUT2D eigenvalue weighted by Gasteiger charge is -2.26. The molecule has 0 aliphatic heterocycles. The van der Waals surface area contributed by atoms with E-state index in [0.29, 0.717) is 0 Å². The van der Waals surface area contributed by atoms with Gasteiger partial charge in [-0.15, -0.1) is 0 Å². The molecular formula is C50H32N2O. The Morgan fingerprint density at radius 2 is 0.962 bits per heavy atom. The molecule has 2 heterocycles. The number of furan rings is 1. The van der Waals surface area contributed by atoms with Crippen molar-refractivity contribution in [2.24, 2.45) is 0 Å². The highest BCUT2D eigenvalue weighted by Crippen LogP contribution is 2.43. The standard InChI is InChI=1S/C50H32N2O/c1-2-13-38(14-3-1)52-47-17-9-8-16-43(47)44-28-25-40(31-48(44)52)51(39-23-20-34(21-24-39)37-19-18-33-10-4-5-12-36(33)30-37)41-26-29-45-46-27-22-35-11-6-7-15-42(35)50(46)53-49(45)32-41/h1-32H. The molecule has 2 aromatic heterocycles. The van der Waals surface area contributed by atoms with E-state index in [-0.39, 0.29) is 0 Å². The molecule has 9 aromatic carbocycles. The van der Waals surface area contributed by atoms with Crippen LogP contribution in [-0.4, -0.2) is 4.57 Å². The number of hydrogen-bond acceptors (Lipinski definition) is 2. The van der Waals surface area contributed by atoms with Crippen LogP contribution in [0.2, 0.25) is 0 Å². The molecule has 0 amide bonds. The van der Waals surface area contributed by atoms with Crippen molar-refractivity contribution in [3.8, 4) is 16.8 Å². The van der Waals surface area contributed by atoms with Gasteiger partial charge < -0.3 is 13.9 Å².